The Morgan fingerprint density at radius 2 is 2.31 bits per heavy atom. The summed E-state index contributed by atoms with van der Waals surface area (Å²) in [5.74, 6) is 1.62. The average Bonchev–Trinajstić information content (AvgIpc) is 2.94. The molecular formula is C13H23N3. The second kappa shape index (κ2) is 5.00. The highest BCUT2D eigenvalue weighted by atomic mass is 15.3. The van der Waals surface area contributed by atoms with Crippen LogP contribution in [0.15, 0.2) is 6.20 Å². The molecule has 90 valence electrons. The molecule has 0 radical (unpaired) electrons. The van der Waals surface area contributed by atoms with E-state index in [0.29, 0.717) is 0 Å². The van der Waals surface area contributed by atoms with Gasteiger partial charge in [0.15, 0.2) is 0 Å². The molecule has 2 rings (SSSR count). The highest BCUT2D eigenvalue weighted by Crippen LogP contribution is 2.47. The predicted octanol–water partition coefficient (Wildman–Crippen LogP) is 2.09. The van der Waals surface area contributed by atoms with E-state index in [1.54, 1.807) is 0 Å². The van der Waals surface area contributed by atoms with Crippen LogP contribution in [0.2, 0.25) is 0 Å². The third kappa shape index (κ3) is 2.46. The Labute approximate surface area is 98.2 Å². The molecule has 3 heteroatoms. The van der Waals surface area contributed by atoms with Gasteiger partial charge in [-0.3, -0.25) is 4.68 Å². The van der Waals surface area contributed by atoms with Crippen LogP contribution < -0.4 is 5.32 Å². The van der Waals surface area contributed by atoms with E-state index in [4.69, 9.17) is 0 Å². The van der Waals surface area contributed by atoms with Gasteiger partial charge in [-0.15, -0.1) is 0 Å². The van der Waals surface area contributed by atoms with Crippen molar-refractivity contribution in [2.45, 2.75) is 39.0 Å². The standard InChI is InChI=1S/C13H23N3/c1-4-6-14-8-10-7-11(10)12-9-16(3)15-13(12)5-2/h9-11,14H,4-8H2,1-3H3. The van der Waals surface area contributed by atoms with Gasteiger partial charge in [0.05, 0.1) is 5.69 Å². The van der Waals surface area contributed by atoms with Crippen molar-refractivity contribution in [3.63, 3.8) is 0 Å². The lowest BCUT2D eigenvalue weighted by Crippen LogP contribution is -2.17. The first kappa shape index (κ1) is 11.6. The van der Waals surface area contributed by atoms with E-state index in [1.807, 2.05) is 11.7 Å². The molecule has 1 heterocycles. The van der Waals surface area contributed by atoms with Gasteiger partial charge < -0.3 is 5.32 Å². The Hall–Kier alpha value is -0.830. The third-order valence-corrected chi connectivity index (χ3v) is 3.43. The molecule has 1 aliphatic carbocycles. The van der Waals surface area contributed by atoms with Crippen LogP contribution in [0.4, 0.5) is 0 Å². The van der Waals surface area contributed by atoms with Gasteiger partial charge in [-0.25, -0.2) is 0 Å². The first-order valence-electron chi connectivity index (χ1n) is 6.49. The second-order valence-electron chi connectivity index (χ2n) is 4.86. The zero-order chi connectivity index (χ0) is 11.5. The molecule has 1 aromatic heterocycles. The minimum atomic E-state index is 0.771. The molecule has 16 heavy (non-hydrogen) atoms. The van der Waals surface area contributed by atoms with E-state index in [-0.39, 0.29) is 0 Å². The third-order valence-electron chi connectivity index (χ3n) is 3.43. The summed E-state index contributed by atoms with van der Waals surface area (Å²) in [6.45, 7) is 6.74. The first-order valence-corrected chi connectivity index (χ1v) is 6.49. The summed E-state index contributed by atoms with van der Waals surface area (Å²) in [6, 6.07) is 0. The first-order chi connectivity index (χ1) is 7.76. The van der Waals surface area contributed by atoms with Crippen LogP contribution in [0.5, 0.6) is 0 Å². The molecule has 1 saturated carbocycles. The molecule has 0 amide bonds. The molecule has 0 spiro atoms. The fraction of sp³-hybridized carbons (Fsp3) is 0.769. The summed E-state index contributed by atoms with van der Waals surface area (Å²) in [5, 5.41) is 8.03. The topological polar surface area (TPSA) is 29.9 Å². The Morgan fingerprint density at radius 1 is 1.50 bits per heavy atom. The zero-order valence-corrected chi connectivity index (χ0v) is 10.7. The van der Waals surface area contributed by atoms with Gasteiger partial charge in [0.1, 0.15) is 0 Å². The van der Waals surface area contributed by atoms with Gasteiger partial charge in [-0.05, 0) is 49.8 Å². The Balaban J connectivity index is 1.89. The molecule has 2 atom stereocenters. The summed E-state index contributed by atoms with van der Waals surface area (Å²) in [6.07, 6.45) is 5.84. The molecule has 0 saturated heterocycles. The number of nitrogens with one attached hydrogen (secondary N) is 1. The Morgan fingerprint density at radius 3 is 3.00 bits per heavy atom. The second-order valence-corrected chi connectivity index (χ2v) is 4.86. The molecule has 1 aliphatic rings. The minimum absolute atomic E-state index is 0.771. The number of nitrogens with zero attached hydrogens (tertiary/aromatic N) is 2. The lowest BCUT2D eigenvalue weighted by molar-refractivity contribution is 0.619. The quantitative estimate of drug-likeness (QED) is 0.745. The van der Waals surface area contributed by atoms with Crippen LogP contribution >= 0.6 is 0 Å². The Bertz CT molecular complexity index is 343. The number of aryl methyl sites for hydroxylation is 2. The van der Waals surface area contributed by atoms with Crippen LogP contribution in [0.3, 0.4) is 0 Å². The van der Waals surface area contributed by atoms with Crippen molar-refractivity contribution in [1.29, 1.82) is 0 Å². The minimum Gasteiger partial charge on any atom is -0.316 e. The number of rotatable bonds is 6. The molecule has 1 aromatic rings. The van der Waals surface area contributed by atoms with Crippen molar-refractivity contribution >= 4 is 0 Å². The monoisotopic (exact) mass is 221 g/mol. The highest BCUT2D eigenvalue weighted by Gasteiger charge is 2.39. The van der Waals surface area contributed by atoms with Crippen molar-refractivity contribution in [3.8, 4) is 0 Å². The molecule has 0 aromatic carbocycles. The van der Waals surface area contributed by atoms with Crippen LogP contribution in [-0.2, 0) is 13.5 Å². The summed E-state index contributed by atoms with van der Waals surface area (Å²) in [7, 11) is 2.02. The zero-order valence-electron chi connectivity index (χ0n) is 10.7. The van der Waals surface area contributed by atoms with E-state index in [9.17, 15) is 0 Å². The lowest BCUT2D eigenvalue weighted by atomic mass is 10.1. The van der Waals surface area contributed by atoms with Gasteiger partial charge in [-0.1, -0.05) is 13.8 Å². The van der Waals surface area contributed by atoms with Crippen LogP contribution in [0.1, 0.15) is 43.9 Å². The molecule has 1 fully saturated rings. The van der Waals surface area contributed by atoms with E-state index in [1.165, 1.54) is 30.6 Å². The van der Waals surface area contributed by atoms with Crippen molar-refractivity contribution in [1.82, 2.24) is 15.1 Å². The summed E-state index contributed by atoms with van der Waals surface area (Å²) >= 11 is 0. The SMILES string of the molecule is CCCNCC1CC1c1cn(C)nc1CC. The van der Waals surface area contributed by atoms with Crippen molar-refractivity contribution in [2.75, 3.05) is 13.1 Å². The van der Waals surface area contributed by atoms with Crippen LogP contribution in [-0.4, -0.2) is 22.9 Å². The van der Waals surface area contributed by atoms with Gasteiger partial charge in [0.25, 0.3) is 0 Å². The maximum absolute atomic E-state index is 4.52. The fourth-order valence-corrected chi connectivity index (χ4v) is 2.46. The van der Waals surface area contributed by atoms with E-state index < -0.39 is 0 Å². The van der Waals surface area contributed by atoms with Gasteiger partial charge in [0.2, 0.25) is 0 Å². The molecular weight excluding hydrogens is 198 g/mol. The van der Waals surface area contributed by atoms with Crippen molar-refractivity contribution in [2.24, 2.45) is 13.0 Å². The van der Waals surface area contributed by atoms with E-state index in [2.05, 4.69) is 30.5 Å². The van der Waals surface area contributed by atoms with E-state index in [0.717, 1.165) is 24.8 Å². The maximum Gasteiger partial charge on any atom is 0.0656 e. The molecule has 3 nitrogen and oxygen atoms in total. The predicted molar refractivity (Wildman–Crippen MR) is 66.6 cm³/mol. The van der Waals surface area contributed by atoms with Crippen molar-refractivity contribution in [3.05, 3.63) is 17.5 Å². The smallest absolute Gasteiger partial charge is 0.0656 e. The summed E-state index contributed by atoms with van der Waals surface area (Å²) < 4.78 is 1.96. The van der Waals surface area contributed by atoms with Crippen LogP contribution in [0, 0.1) is 5.92 Å². The number of hydrogen-bond acceptors (Lipinski definition) is 2. The molecule has 0 bridgehead atoms. The van der Waals surface area contributed by atoms with Crippen molar-refractivity contribution < 1.29 is 0 Å². The lowest BCUT2D eigenvalue weighted by Gasteiger charge is -2.02. The molecule has 2 unspecified atom stereocenters. The fourth-order valence-electron chi connectivity index (χ4n) is 2.46. The van der Waals surface area contributed by atoms with Crippen LogP contribution in [0.25, 0.3) is 0 Å². The normalized spacial score (nSPS) is 23.7. The number of aromatic nitrogens is 2. The summed E-state index contributed by atoms with van der Waals surface area (Å²) in [5.41, 5.74) is 2.79. The Kier molecular flexibility index (Phi) is 3.64. The van der Waals surface area contributed by atoms with Gasteiger partial charge in [0, 0.05) is 13.2 Å². The van der Waals surface area contributed by atoms with Gasteiger partial charge in [-0.2, -0.15) is 5.10 Å². The summed E-state index contributed by atoms with van der Waals surface area (Å²) in [4.78, 5) is 0. The number of hydrogen-bond donors (Lipinski definition) is 1. The molecule has 0 aliphatic heterocycles. The average molecular weight is 221 g/mol. The highest BCUT2D eigenvalue weighted by molar-refractivity contribution is 5.28. The van der Waals surface area contributed by atoms with Gasteiger partial charge >= 0.3 is 0 Å². The van der Waals surface area contributed by atoms with E-state index >= 15 is 0 Å². The molecule has 1 N–H and O–H groups in total. The maximum atomic E-state index is 4.52. The largest absolute Gasteiger partial charge is 0.316 e.